The number of aryl methyl sites for hydroxylation is 1. The SMILES string of the molecule is O=C(Nc1cc(-c2nnc3n2CCCCC3)ccc1F)c1cccnc1Nc1ccccc1F. The lowest BCUT2D eigenvalue weighted by atomic mass is 10.1. The fourth-order valence-corrected chi connectivity index (χ4v) is 4.03. The van der Waals surface area contributed by atoms with Crippen LogP contribution in [0.15, 0.2) is 60.8 Å². The molecule has 0 atom stereocenters. The molecule has 2 N–H and O–H groups in total. The Labute approximate surface area is 194 Å². The predicted octanol–water partition coefficient (Wildman–Crippen LogP) is 5.34. The third-order valence-corrected chi connectivity index (χ3v) is 5.76. The Hall–Kier alpha value is -4.14. The first kappa shape index (κ1) is 21.7. The van der Waals surface area contributed by atoms with Crippen LogP contribution in [-0.4, -0.2) is 25.7 Å². The Bertz CT molecular complexity index is 1350. The van der Waals surface area contributed by atoms with E-state index in [1.54, 1.807) is 30.3 Å². The molecule has 1 aliphatic rings. The molecule has 172 valence electrons. The first-order valence-electron chi connectivity index (χ1n) is 11.1. The second-order valence-electron chi connectivity index (χ2n) is 8.06. The normalized spacial score (nSPS) is 13.1. The number of benzene rings is 2. The van der Waals surface area contributed by atoms with Crippen LogP contribution < -0.4 is 10.6 Å². The number of rotatable bonds is 5. The van der Waals surface area contributed by atoms with Gasteiger partial charge in [-0.15, -0.1) is 10.2 Å². The number of hydrogen-bond donors (Lipinski definition) is 2. The van der Waals surface area contributed by atoms with Crippen LogP contribution in [0.5, 0.6) is 0 Å². The zero-order valence-corrected chi connectivity index (χ0v) is 18.3. The standard InChI is InChI=1S/C25H22F2N6O/c26-18-8-3-4-9-20(18)29-23-17(7-6-13-28-23)25(34)30-21-15-16(11-12-19(21)27)24-32-31-22-10-2-1-5-14-33(22)24/h3-4,6-9,11-13,15H,1-2,5,10,14H2,(H,28,29)(H,30,34). The highest BCUT2D eigenvalue weighted by molar-refractivity contribution is 6.08. The van der Waals surface area contributed by atoms with Gasteiger partial charge in [0.2, 0.25) is 0 Å². The monoisotopic (exact) mass is 460 g/mol. The van der Waals surface area contributed by atoms with Gasteiger partial charge >= 0.3 is 0 Å². The van der Waals surface area contributed by atoms with E-state index in [2.05, 4.69) is 30.4 Å². The lowest BCUT2D eigenvalue weighted by molar-refractivity contribution is 0.102. The zero-order chi connectivity index (χ0) is 23.5. The maximum Gasteiger partial charge on any atom is 0.259 e. The zero-order valence-electron chi connectivity index (χ0n) is 18.3. The lowest BCUT2D eigenvalue weighted by Gasteiger charge is -2.13. The average molecular weight is 460 g/mol. The molecule has 3 heterocycles. The van der Waals surface area contributed by atoms with E-state index in [0.29, 0.717) is 11.4 Å². The molecule has 0 saturated carbocycles. The molecule has 4 aromatic rings. The van der Waals surface area contributed by atoms with E-state index in [1.165, 1.54) is 30.5 Å². The minimum atomic E-state index is -0.583. The maximum atomic E-state index is 14.7. The van der Waals surface area contributed by atoms with E-state index in [0.717, 1.165) is 38.1 Å². The number of carbonyl (C=O) groups excluding carboxylic acids is 1. The van der Waals surface area contributed by atoms with E-state index in [4.69, 9.17) is 0 Å². The summed E-state index contributed by atoms with van der Waals surface area (Å²) in [6, 6.07) is 13.7. The van der Waals surface area contributed by atoms with Crippen LogP contribution in [-0.2, 0) is 13.0 Å². The molecule has 0 spiro atoms. The Balaban J connectivity index is 1.42. The molecule has 0 radical (unpaired) electrons. The summed E-state index contributed by atoms with van der Waals surface area (Å²) in [6.07, 6.45) is 5.56. The van der Waals surface area contributed by atoms with Crippen LogP contribution in [0.3, 0.4) is 0 Å². The molecule has 1 amide bonds. The van der Waals surface area contributed by atoms with Crippen LogP contribution in [0.4, 0.5) is 26.0 Å². The van der Waals surface area contributed by atoms with Crippen molar-refractivity contribution in [2.24, 2.45) is 0 Å². The number of aromatic nitrogens is 4. The summed E-state index contributed by atoms with van der Waals surface area (Å²) in [5.74, 6) is 0.0794. The van der Waals surface area contributed by atoms with Gasteiger partial charge in [-0.25, -0.2) is 13.8 Å². The molecule has 9 heteroatoms. The minimum absolute atomic E-state index is 0.00849. The number of para-hydroxylation sites is 1. The van der Waals surface area contributed by atoms with Crippen molar-refractivity contribution in [1.82, 2.24) is 19.7 Å². The van der Waals surface area contributed by atoms with Crippen molar-refractivity contribution in [3.05, 3.63) is 83.8 Å². The van der Waals surface area contributed by atoms with Crippen molar-refractivity contribution < 1.29 is 13.6 Å². The van der Waals surface area contributed by atoms with Crippen LogP contribution in [0.2, 0.25) is 0 Å². The first-order chi connectivity index (χ1) is 16.6. The summed E-state index contributed by atoms with van der Waals surface area (Å²) < 4.78 is 30.8. The Kier molecular flexibility index (Phi) is 5.99. The van der Waals surface area contributed by atoms with Gasteiger partial charge in [0.25, 0.3) is 5.91 Å². The number of pyridine rings is 1. The van der Waals surface area contributed by atoms with Crippen molar-refractivity contribution in [3.63, 3.8) is 0 Å². The number of nitrogens with one attached hydrogen (secondary N) is 2. The van der Waals surface area contributed by atoms with Crippen LogP contribution in [0.1, 0.15) is 35.4 Å². The van der Waals surface area contributed by atoms with Gasteiger partial charge in [-0.3, -0.25) is 4.79 Å². The fourth-order valence-electron chi connectivity index (χ4n) is 4.03. The van der Waals surface area contributed by atoms with Crippen molar-refractivity contribution in [2.75, 3.05) is 10.6 Å². The molecule has 34 heavy (non-hydrogen) atoms. The third kappa shape index (κ3) is 4.36. The molecule has 2 aromatic carbocycles. The van der Waals surface area contributed by atoms with Gasteiger partial charge in [-0.05, 0) is 55.3 Å². The van der Waals surface area contributed by atoms with Crippen molar-refractivity contribution in [1.29, 1.82) is 0 Å². The highest BCUT2D eigenvalue weighted by Crippen LogP contribution is 2.28. The van der Waals surface area contributed by atoms with E-state index in [9.17, 15) is 13.6 Å². The lowest BCUT2D eigenvalue weighted by Crippen LogP contribution is -2.16. The van der Waals surface area contributed by atoms with Gasteiger partial charge in [-0.2, -0.15) is 0 Å². The van der Waals surface area contributed by atoms with Gasteiger partial charge < -0.3 is 15.2 Å². The second-order valence-corrected chi connectivity index (χ2v) is 8.06. The summed E-state index contributed by atoms with van der Waals surface area (Å²) in [5, 5.41) is 14.1. The largest absolute Gasteiger partial charge is 0.337 e. The van der Waals surface area contributed by atoms with Crippen LogP contribution >= 0.6 is 0 Å². The predicted molar refractivity (Wildman–Crippen MR) is 125 cm³/mol. The van der Waals surface area contributed by atoms with Crippen LogP contribution in [0.25, 0.3) is 11.4 Å². The molecular weight excluding hydrogens is 438 g/mol. The number of fused-ring (bicyclic) bond motifs is 1. The topological polar surface area (TPSA) is 84.7 Å². The molecule has 2 aromatic heterocycles. The Morgan fingerprint density at radius 2 is 1.76 bits per heavy atom. The van der Waals surface area contributed by atoms with E-state index in [1.807, 2.05) is 0 Å². The van der Waals surface area contributed by atoms with E-state index in [-0.39, 0.29) is 22.8 Å². The second kappa shape index (κ2) is 9.38. The molecular formula is C25H22F2N6O. The number of anilines is 3. The fraction of sp³-hybridized carbons (Fsp3) is 0.200. The summed E-state index contributed by atoms with van der Waals surface area (Å²) in [4.78, 5) is 17.2. The average Bonchev–Trinajstić information content (AvgIpc) is 3.10. The molecule has 7 nitrogen and oxygen atoms in total. The summed E-state index contributed by atoms with van der Waals surface area (Å²) in [7, 11) is 0. The third-order valence-electron chi connectivity index (χ3n) is 5.76. The molecule has 1 aliphatic heterocycles. The molecule has 0 fully saturated rings. The molecule has 5 rings (SSSR count). The summed E-state index contributed by atoms with van der Waals surface area (Å²) in [6.45, 7) is 0.803. The summed E-state index contributed by atoms with van der Waals surface area (Å²) in [5.41, 5.74) is 0.991. The van der Waals surface area contributed by atoms with Crippen molar-refractivity contribution in [2.45, 2.75) is 32.2 Å². The number of hydrogen-bond acceptors (Lipinski definition) is 5. The van der Waals surface area contributed by atoms with Crippen molar-refractivity contribution in [3.8, 4) is 11.4 Å². The quantitative estimate of drug-likeness (QED) is 0.420. The van der Waals surface area contributed by atoms with Gasteiger partial charge in [-0.1, -0.05) is 18.6 Å². The van der Waals surface area contributed by atoms with Crippen molar-refractivity contribution >= 4 is 23.1 Å². The number of amides is 1. The maximum absolute atomic E-state index is 14.7. The highest BCUT2D eigenvalue weighted by atomic mass is 19.1. The number of halogens is 2. The molecule has 0 bridgehead atoms. The summed E-state index contributed by atoms with van der Waals surface area (Å²) >= 11 is 0. The highest BCUT2D eigenvalue weighted by Gasteiger charge is 2.19. The Morgan fingerprint density at radius 3 is 2.65 bits per heavy atom. The van der Waals surface area contributed by atoms with E-state index >= 15 is 0 Å². The molecule has 0 unspecified atom stereocenters. The Morgan fingerprint density at radius 1 is 0.912 bits per heavy atom. The number of carbonyl (C=O) groups is 1. The van der Waals surface area contributed by atoms with Crippen LogP contribution in [0, 0.1) is 11.6 Å². The first-order valence-corrected chi connectivity index (χ1v) is 11.1. The number of nitrogens with zero attached hydrogens (tertiary/aromatic N) is 4. The van der Waals surface area contributed by atoms with E-state index < -0.39 is 17.5 Å². The molecule has 0 aliphatic carbocycles. The van der Waals surface area contributed by atoms with Gasteiger partial charge in [0.1, 0.15) is 23.3 Å². The van der Waals surface area contributed by atoms with Gasteiger partial charge in [0.05, 0.1) is 16.9 Å². The molecule has 0 saturated heterocycles. The minimum Gasteiger partial charge on any atom is -0.337 e. The van der Waals surface area contributed by atoms with Gasteiger partial charge in [0.15, 0.2) is 5.82 Å². The van der Waals surface area contributed by atoms with Gasteiger partial charge in [0, 0.05) is 24.7 Å². The smallest absolute Gasteiger partial charge is 0.259 e.